The average Bonchev–Trinajstić information content (AvgIpc) is 2.33. The van der Waals surface area contributed by atoms with E-state index in [1.54, 1.807) is 0 Å². The Bertz CT molecular complexity index is 222. The van der Waals surface area contributed by atoms with Gasteiger partial charge in [-0.05, 0) is 31.2 Å². The molecule has 0 aromatic carbocycles. The van der Waals surface area contributed by atoms with Crippen molar-refractivity contribution in [2.45, 2.75) is 77.5 Å². The molecule has 0 spiro atoms. The van der Waals surface area contributed by atoms with Gasteiger partial charge in [-0.15, -0.1) is 0 Å². The first-order valence-corrected chi connectivity index (χ1v) is 8.82. The van der Waals surface area contributed by atoms with Crippen LogP contribution < -0.4 is 5.32 Å². The Morgan fingerprint density at radius 2 is 1.94 bits per heavy atom. The zero-order chi connectivity index (χ0) is 13.6. The standard InChI is InChI=1S/C16H33NS/c1-6-13-9-8-10-14(11-13)15(17-7-2)12-18-16(3,4)5/h13-15,17H,6-12H2,1-5H3. The quantitative estimate of drug-likeness (QED) is 0.750. The molecule has 1 N–H and O–H groups in total. The van der Waals surface area contributed by atoms with E-state index in [9.17, 15) is 0 Å². The van der Waals surface area contributed by atoms with Crippen LogP contribution in [0.25, 0.3) is 0 Å². The van der Waals surface area contributed by atoms with Crippen LogP contribution in [-0.2, 0) is 0 Å². The maximum Gasteiger partial charge on any atom is 0.0186 e. The van der Waals surface area contributed by atoms with Crippen LogP contribution in [0.15, 0.2) is 0 Å². The Morgan fingerprint density at radius 3 is 2.50 bits per heavy atom. The van der Waals surface area contributed by atoms with E-state index in [0.717, 1.165) is 24.4 Å². The maximum atomic E-state index is 3.75. The highest BCUT2D eigenvalue weighted by Gasteiger charge is 2.28. The van der Waals surface area contributed by atoms with Crippen molar-refractivity contribution in [1.82, 2.24) is 5.32 Å². The summed E-state index contributed by atoms with van der Waals surface area (Å²) < 4.78 is 0.395. The fraction of sp³-hybridized carbons (Fsp3) is 1.00. The lowest BCUT2D eigenvalue weighted by molar-refractivity contribution is 0.220. The third-order valence-corrected chi connectivity index (χ3v) is 5.52. The first-order chi connectivity index (χ1) is 8.46. The lowest BCUT2D eigenvalue weighted by atomic mass is 9.77. The summed E-state index contributed by atoms with van der Waals surface area (Å²) in [7, 11) is 0. The Morgan fingerprint density at radius 1 is 1.22 bits per heavy atom. The second-order valence-electron chi connectivity index (χ2n) is 6.79. The average molecular weight is 272 g/mol. The Kier molecular flexibility index (Phi) is 7.08. The van der Waals surface area contributed by atoms with Gasteiger partial charge in [0, 0.05) is 16.5 Å². The molecule has 0 radical (unpaired) electrons. The molecule has 0 amide bonds. The molecular formula is C16H33NS. The highest BCUT2D eigenvalue weighted by molar-refractivity contribution is 8.00. The molecule has 3 unspecified atom stereocenters. The molecule has 1 nitrogen and oxygen atoms in total. The third-order valence-electron chi connectivity index (χ3n) is 4.13. The summed E-state index contributed by atoms with van der Waals surface area (Å²) in [5.41, 5.74) is 0. The van der Waals surface area contributed by atoms with Crippen molar-refractivity contribution >= 4 is 11.8 Å². The Hall–Kier alpha value is 0.310. The summed E-state index contributed by atoms with van der Waals surface area (Å²) in [5.74, 6) is 3.18. The molecule has 18 heavy (non-hydrogen) atoms. The van der Waals surface area contributed by atoms with E-state index in [4.69, 9.17) is 0 Å². The summed E-state index contributed by atoms with van der Waals surface area (Å²) in [6.45, 7) is 12.7. The smallest absolute Gasteiger partial charge is 0.0186 e. The summed E-state index contributed by atoms with van der Waals surface area (Å²) in [6.07, 6.45) is 7.20. The van der Waals surface area contributed by atoms with Gasteiger partial charge in [0.05, 0.1) is 0 Å². The van der Waals surface area contributed by atoms with Crippen LogP contribution in [0.3, 0.4) is 0 Å². The van der Waals surface area contributed by atoms with E-state index in [2.05, 4.69) is 51.7 Å². The molecule has 0 aliphatic heterocycles. The van der Waals surface area contributed by atoms with E-state index in [0.29, 0.717) is 4.75 Å². The van der Waals surface area contributed by atoms with Gasteiger partial charge in [-0.1, -0.05) is 53.9 Å². The predicted octanol–water partition coefficient (Wildman–Crippen LogP) is 4.71. The van der Waals surface area contributed by atoms with Crippen molar-refractivity contribution in [2.24, 2.45) is 11.8 Å². The van der Waals surface area contributed by atoms with Gasteiger partial charge < -0.3 is 5.32 Å². The van der Waals surface area contributed by atoms with Gasteiger partial charge in [-0.2, -0.15) is 11.8 Å². The molecule has 1 aliphatic rings. The first kappa shape index (κ1) is 16.4. The summed E-state index contributed by atoms with van der Waals surface area (Å²) in [4.78, 5) is 0. The van der Waals surface area contributed by atoms with Gasteiger partial charge in [-0.3, -0.25) is 0 Å². The molecule has 0 bridgehead atoms. The molecule has 1 rings (SSSR count). The van der Waals surface area contributed by atoms with E-state index in [-0.39, 0.29) is 0 Å². The van der Waals surface area contributed by atoms with Gasteiger partial charge in [0.25, 0.3) is 0 Å². The molecule has 108 valence electrons. The normalized spacial score (nSPS) is 27.2. The largest absolute Gasteiger partial charge is 0.313 e. The second kappa shape index (κ2) is 7.79. The van der Waals surface area contributed by atoms with Crippen LogP contribution in [0, 0.1) is 11.8 Å². The van der Waals surface area contributed by atoms with E-state index in [1.807, 2.05) is 0 Å². The minimum Gasteiger partial charge on any atom is -0.313 e. The summed E-state index contributed by atoms with van der Waals surface area (Å²) >= 11 is 2.12. The molecule has 0 saturated heterocycles. The monoisotopic (exact) mass is 271 g/mol. The molecule has 2 heteroatoms. The summed E-state index contributed by atoms with van der Waals surface area (Å²) in [6, 6.07) is 0.730. The number of rotatable bonds is 6. The minimum absolute atomic E-state index is 0.395. The molecule has 1 saturated carbocycles. The fourth-order valence-electron chi connectivity index (χ4n) is 3.03. The lowest BCUT2D eigenvalue weighted by Crippen LogP contribution is -2.41. The van der Waals surface area contributed by atoms with Gasteiger partial charge in [0.15, 0.2) is 0 Å². The van der Waals surface area contributed by atoms with Gasteiger partial charge in [0.2, 0.25) is 0 Å². The maximum absolute atomic E-state index is 3.75. The SMILES string of the molecule is CCNC(CSC(C)(C)C)C1CCCC(CC)C1. The molecule has 1 fully saturated rings. The van der Waals surface area contributed by atoms with E-state index in [1.165, 1.54) is 37.9 Å². The van der Waals surface area contributed by atoms with Crippen LogP contribution >= 0.6 is 11.8 Å². The highest BCUT2D eigenvalue weighted by atomic mass is 32.2. The van der Waals surface area contributed by atoms with Crippen LogP contribution in [0.2, 0.25) is 0 Å². The van der Waals surface area contributed by atoms with Crippen molar-refractivity contribution in [3.05, 3.63) is 0 Å². The Labute approximate surface area is 119 Å². The number of hydrogen-bond acceptors (Lipinski definition) is 2. The minimum atomic E-state index is 0.395. The van der Waals surface area contributed by atoms with Crippen molar-refractivity contribution in [1.29, 1.82) is 0 Å². The van der Waals surface area contributed by atoms with E-state index >= 15 is 0 Å². The third kappa shape index (κ3) is 5.97. The van der Waals surface area contributed by atoms with Crippen molar-refractivity contribution < 1.29 is 0 Å². The first-order valence-electron chi connectivity index (χ1n) is 7.83. The van der Waals surface area contributed by atoms with Gasteiger partial charge >= 0.3 is 0 Å². The van der Waals surface area contributed by atoms with Crippen molar-refractivity contribution in [3.8, 4) is 0 Å². The van der Waals surface area contributed by atoms with Crippen LogP contribution in [0.5, 0.6) is 0 Å². The zero-order valence-electron chi connectivity index (χ0n) is 13.1. The fourth-order valence-corrected chi connectivity index (χ4v) is 4.10. The molecule has 0 aromatic heterocycles. The van der Waals surface area contributed by atoms with Crippen LogP contribution in [0.1, 0.15) is 66.7 Å². The van der Waals surface area contributed by atoms with Gasteiger partial charge in [-0.25, -0.2) is 0 Å². The molecule has 0 heterocycles. The number of nitrogens with one attached hydrogen (secondary N) is 1. The number of hydrogen-bond donors (Lipinski definition) is 1. The van der Waals surface area contributed by atoms with Crippen LogP contribution in [-0.4, -0.2) is 23.1 Å². The lowest BCUT2D eigenvalue weighted by Gasteiger charge is -2.35. The topological polar surface area (TPSA) is 12.0 Å². The second-order valence-corrected chi connectivity index (χ2v) is 8.64. The zero-order valence-corrected chi connectivity index (χ0v) is 13.9. The summed E-state index contributed by atoms with van der Waals surface area (Å²) in [5, 5.41) is 3.75. The number of thioether (sulfide) groups is 1. The van der Waals surface area contributed by atoms with Crippen molar-refractivity contribution in [3.63, 3.8) is 0 Å². The molecular weight excluding hydrogens is 238 g/mol. The Balaban J connectivity index is 2.49. The van der Waals surface area contributed by atoms with Gasteiger partial charge in [0.1, 0.15) is 0 Å². The predicted molar refractivity (Wildman–Crippen MR) is 85.4 cm³/mol. The molecule has 3 atom stereocenters. The molecule has 0 aromatic rings. The van der Waals surface area contributed by atoms with E-state index < -0.39 is 0 Å². The molecule has 1 aliphatic carbocycles. The highest BCUT2D eigenvalue weighted by Crippen LogP contribution is 2.35. The van der Waals surface area contributed by atoms with Crippen LogP contribution in [0.4, 0.5) is 0 Å². The van der Waals surface area contributed by atoms with Crippen molar-refractivity contribution in [2.75, 3.05) is 12.3 Å².